The third kappa shape index (κ3) is 5.99. The van der Waals surface area contributed by atoms with Crippen LogP contribution in [0.3, 0.4) is 0 Å². The molecule has 9 rings (SSSR count). The van der Waals surface area contributed by atoms with Crippen molar-refractivity contribution < 1.29 is 30.9 Å². The summed E-state index contributed by atoms with van der Waals surface area (Å²) < 4.78 is 10.2. The van der Waals surface area contributed by atoms with Gasteiger partial charge in [-0.25, -0.2) is 0 Å². The summed E-state index contributed by atoms with van der Waals surface area (Å²) >= 11 is -2.57. The van der Waals surface area contributed by atoms with Crippen LogP contribution in [0, 0.1) is 6.07 Å². The molecule has 270 valence electrons. The summed E-state index contributed by atoms with van der Waals surface area (Å²) in [5, 5.41) is 13.7. The Hall–Kier alpha value is -4.97. The molecule has 2 aromatic heterocycles. The van der Waals surface area contributed by atoms with Crippen molar-refractivity contribution in [3.63, 3.8) is 0 Å². The van der Waals surface area contributed by atoms with E-state index in [-0.39, 0.29) is 32.2 Å². The molecule has 7 heteroatoms. The summed E-state index contributed by atoms with van der Waals surface area (Å²) in [6, 6.07) is 45.5. The Morgan fingerprint density at radius 2 is 1.50 bits per heavy atom. The first kappa shape index (κ1) is 36.0. The number of phenolic OH excluding ortho intramolecular Hbond substituents is 1. The number of nitrogens with zero attached hydrogens (tertiary/aromatic N) is 3. The van der Waals surface area contributed by atoms with Crippen molar-refractivity contribution in [2.24, 2.45) is 0 Å². The van der Waals surface area contributed by atoms with Gasteiger partial charge in [0.25, 0.3) is 0 Å². The Morgan fingerprint density at radius 3 is 2.28 bits per heavy atom. The van der Waals surface area contributed by atoms with Crippen molar-refractivity contribution in [1.82, 2.24) is 14.5 Å². The van der Waals surface area contributed by atoms with Crippen LogP contribution in [-0.4, -0.2) is 32.9 Å². The minimum atomic E-state index is -2.57. The minimum Gasteiger partial charge on any atom is 0 e. The molecule has 5 nitrogen and oxygen atoms in total. The second kappa shape index (κ2) is 13.4. The number of rotatable bonds is 5. The molecule has 1 aliphatic heterocycles. The second-order valence-corrected chi connectivity index (χ2v) is 26.5. The first-order valence-corrected chi connectivity index (χ1v) is 25.5. The Bertz CT molecular complexity index is 2740. The predicted octanol–water partition coefficient (Wildman–Crippen LogP) is 11.7. The summed E-state index contributed by atoms with van der Waals surface area (Å²) in [4.78, 5) is 10.4. The zero-order chi connectivity index (χ0) is 36.6. The van der Waals surface area contributed by atoms with Gasteiger partial charge in [-0.1, -0.05) is 6.07 Å². The van der Waals surface area contributed by atoms with E-state index in [2.05, 4.69) is 134 Å². The van der Waals surface area contributed by atoms with Crippen LogP contribution < -0.4 is 9.13 Å². The summed E-state index contributed by atoms with van der Waals surface area (Å²) in [6.45, 7) is 6.57. The minimum absolute atomic E-state index is 0. The van der Waals surface area contributed by atoms with Crippen LogP contribution in [0.1, 0.15) is 26.3 Å². The molecule has 0 saturated heterocycles. The van der Waals surface area contributed by atoms with Crippen LogP contribution in [0.2, 0.25) is 17.3 Å². The van der Waals surface area contributed by atoms with Gasteiger partial charge in [0.15, 0.2) is 0 Å². The molecule has 1 aliphatic rings. The van der Waals surface area contributed by atoms with E-state index in [0.29, 0.717) is 11.4 Å². The van der Waals surface area contributed by atoms with E-state index >= 15 is 0 Å². The van der Waals surface area contributed by atoms with Gasteiger partial charge >= 0.3 is 308 Å². The number of aromatic hydroxyl groups is 1. The SMILES string of the molecule is CC(C)(C)c1ccc(O)c(-c2nc3c(-c4[c-]c5c([c]([Ge]([CH3])([CH3])[CH3])c4)Oc4cccc6ccnc-5c46)cccc3n2-c2ccccc2-c2ccccc2)c1.[Pt]. The number of para-hydroxylation sites is 2. The number of hydrogen-bond acceptors (Lipinski definition) is 4. The van der Waals surface area contributed by atoms with Gasteiger partial charge in [-0.2, -0.15) is 0 Å². The molecule has 0 radical (unpaired) electrons. The van der Waals surface area contributed by atoms with E-state index < -0.39 is 13.3 Å². The fourth-order valence-electron chi connectivity index (χ4n) is 7.58. The summed E-state index contributed by atoms with van der Waals surface area (Å²) in [5.74, 6) is 9.77. The third-order valence-electron chi connectivity index (χ3n) is 10.3. The van der Waals surface area contributed by atoms with Crippen molar-refractivity contribution >= 4 is 39.5 Å². The Balaban J connectivity index is 0.00000413. The topological polar surface area (TPSA) is 60.2 Å². The van der Waals surface area contributed by atoms with Gasteiger partial charge < -0.3 is 0 Å². The fraction of sp³-hybridized carbons (Fsp3) is 0.149. The molecule has 0 spiro atoms. The molecule has 3 heterocycles. The first-order chi connectivity index (χ1) is 25.5. The summed E-state index contributed by atoms with van der Waals surface area (Å²) in [5.41, 5.74) is 10.3. The van der Waals surface area contributed by atoms with E-state index in [4.69, 9.17) is 14.7 Å². The smallest absolute Gasteiger partial charge is 0 e. The van der Waals surface area contributed by atoms with Crippen molar-refractivity contribution in [1.29, 1.82) is 0 Å². The van der Waals surface area contributed by atoms with Crippen LogP contribution in [-0.2, 0) is 26.5 Å². The molecular formula is C47H40GeN3O2Pt-. The van der Waals surface area contributed by atoms with Gasteiger partial charge in [-0.05, 0) is 0 Å². The predicted molar refractivity (Wildman–Crippen MR) is 220 cm³/mol. The van der Waals surface area contributed by atoms with Gasteiger partial charge in [-0.3, -0.25) is 0 Å². The van der Waals surface area contributed by atoms with Crippen molar-refractivity contribution in [2.75, 3.05) is 0 Å². The molecule has 0 aliphatic carbocycles. The van der Waals surface area contributed by atoms with E-state index in [1.807, 2.05) is 36.5 Å². The molecule has 6 aromatic carbocycles. The van der Waals surface area contributed by atoms with Crippen molar-refractivity contribution in [2.45, 2.75) is 43.5 Å². The van der Waals surface area contributed by atoms with E-state index in [1.165, 1.54) is 4.40 Å². The first-order valence-electron chi connectivity index (χ1n) is 18.1. The van der Waals surface area contributed by atoms with Crippen LogP contribution in [0.15, 0.2) is 128 Å². The Labute approximate surface area is 333 Å². The normalized spacial score (nSPS) is 12.3. The third-order valence-corrected chi connectivity index (χ3v) is 14.5. The zero-order valence-corrected chi connectivity index (χ0v) is 35.5. The molecule has 54 heavy (non-hydrogen) atoms. The quantitative estimate of drug-likeness (QED) is 0.138. The molecule has 1 N–H and O–H groups in total. The molecule has 0 amide bonds. The Kier molecular flexibility index (Phi) is 8.94. The maximum atomic E-state index is 11.6. The largest absolute Gasteiger partial charge is 0 e. The fourth-order valence-corrected chi connectivity index (χ4v) is 10.6. The molecule has 0 saturated carbocycles. The maximum Gasteiger partial charge on any atom is 0 e. The standard InChI is InChI=1S/C47H40GeN3O2.Pt/c1-47(2,3)32-22-23-40(52)35(28-32)46-50-43-34(18-13-20-39(43)51(46)38-19-11-10-17-33(38)29-14-8-7-9-15-29)31-26-36-44-42-30(24-25-49-44)16-12-21-41(42)53-45(36)37(27-31)48(4,5)6;/h7-25,27-28,52H,1-6H3;/q-1;. The van der Waals surface area contributed by atoms with Gasteiger partial charge in [0, 0.05) is 21.1 Å². The number of hydrogen-bond donors (Lipinski definition) is 1. The van der Waals surface area contributed by atoms with E-state index in [1.54, 1.807) is 6.07 Å². The van der Waals surface area contributed by atoms with Gasteiger partial charge in [0.05, 0.1) is 0 Å². The van der Waals surface area contributed by atoms with Crippen molar-refractivity contribution in [3.8, 4) is 67.8 Å². The molecule has 0 fully saturated rings. The molecule has 0 unspecified atom stereocenters. The number of pyridine rings is 1. The second-order valence-electron chi connectivity index (χ2n) is 16.0. The van der Waals surface area contributed by atoms with Crippen LogP contribution in [0.4, 0.5) is 0 Å². The number of benzene rings is 6. The van der Waals surface area contributed by atoms with Gasteiger partial charge in [0.1, 0.15) is 0 Å². The number of fused-ring (bicyclic) bond motifs is 3. The summed E-state index contributed by atoms with van der Waals surface area (Å²) in [6.07, 6.45) is 1.88. The number of imidazole rings is 1. The van der Waals surface area contributed by atoms with Gasteiger partial charge in [0.2, 0.25) is 0 Å². The van der Waals surface area contributed by atoms with E-state index in [0.717, 1.165) is 78.1 Å². The monoisotopic (exact) mass is 947 g/mol. The average Bonchev–Trinajstić information content (AvgIpc) is 3.54. The van der Waals surface area contributed by atoms with Crippen molar-refractivity contribution in [3.05, 3.63) is 139 Å². The molecule has 8 aromatic rings. The van der Waals surface area contributed by atoms with Gasteiger partial charge in [-0.15, -0.1) is 0 Å². The summed E-state index contributed by atoms with van der Waals surface area (Å²) in [7, 11) is 0. The number of ether oxygens (including phenoxy) is 1. The molecule has 0 atom stereocenters. The van der Waals surface area contributed by atoms with Crippen LogP contribution >= 0.6 is 0 Å². The average molecular weight is 947 g/mol. The zero-order valence-electron chi connectivity index (χ0n) is 31.1. The number of phenols is 1. The van der Waals surface area contributed by atoms with Crippen LogP contribution in [0.5, 0.6) is 17.2 Å². The van der Waals surface area contributed by atoms with E-state index in [9.17, 15) is 5.11 Å². The van der Waals surface area contributed by atoms with Crippen LogP contribution in [0.25, 0.3) is 72.4 Å². The maximum absolute atomic E-state index is 11.6. The molecule has 0 bridgehead atoms. The number of aromatic nitrogens is 3. The Morgan fingerprint density at radius 1 is 0.759 bits per heavy atom. The molecular weight excluding hydrogens is 906 g/mol.